The third-order valence-electron chi connectivity index (χ3n) is 3.16. The van der Waals surface area contributed by atoms with Crippen LogP contribution in [0.5, 0.6) is 0 Å². The minimum absolute atomic E-state index is 0.205. The lowest BCUT2D eigenvalue weighted by Crippen LogP contribution is -2.28. The fourth-order valence-corrected chi connectivity index (χ4v) is 3.28. The van der Waals surface area contributed by atoms with Crippen LogP contribution in [0.3, 0.4) is 0 Å². The highest BCUT2D eigenvalue weighted by molar-refractivity contribution is 7.89. The van der Waals surface area contributed by atoms with Gasteiger partial charge in [0, 0.05) is 13.6 Å². The van der Waals surface area contributed by atoms with E-state index in [9.17, 15) is 8.42 Å². The van der Waals surface area contributed by atoms with Crippen molar-refractivity contribution in [3.05, 3.63) is 48.0 Å². The predicted octanol–water partition coefficient (Wildman–Crippen LogP) is 3.01. The first-order valence-electron chi connectivity index (χ1n) is 6.44. The number of hydrogen-bond donors (Lipinski definition) is 0. The fourth-order valence-electron chi connectivity index (χ4n) is 2.11. The number of fused-ring (bicyclic) bond motifs is 1. The summed E-state index contributed by atoms with van der Waals surface area (Å²) in [5.41, 5.74) is 1.01. The summed E-state index contributed by atoms with van der Waals surface area (Å²) in [5, 5.41) is 2.31. The zero-order valence-corrected chi connectivity index (χ0v) is 12.2. The first-order valence-corrected chi connectivity index (χ1v) is 8.05. The standard InChI is InChI=1S/C15H19NO2S/c1-3-10-19(17,18)16(2)12-13-8-9-14-6-4-5-7-15(14)11-13/h4-9,11H,3,10,12H2,1-2H3. The van der Waals surface area contributed by atoms with Gasteiger partial charge >= 0.3 is 0 Å². The smallest absolute Gasteiger partial charge is 0.212 e. The summed E-state index contributed by atoms with van der Waals surface area (Å²) in [6.07, 6.45) is 0.643. The third kappa shape index (κ3) is 3.33. The third-order valence-corrected chi connectivity index (χ3v) is 5.16. The molecule has 2 rings (SSSR count). The van der Waals surface area contributed by atoms with Gasteiger partial charge in [0.15, 0.2) is 0 Å². The molecule has 0 atom stereocenters. The Hall–Kier alpha value is -1.39. The van der Waals surface area contributed by atoms with Gasteiger partial charge in [-0.25, -0.2) is 12.7 Å². The second-order valence-electron chi connectivity index (χ2n) is 4.75. The summed E-state index contributed by atoms with van der Waals surface area (Å²) in [7, 11) is -1.49. The molecule has 19 heavy (non-hydrogen) atoms. The van der Waals surface area contributed by atoms with Crippen LogP contribution < -0.4 is 0 Å². The van der Waals surface area contributed by atoms with Crippen molar-refractivity contribution in [3.8, 4) is 0 Å². The number of hydrogen-bond acceptors (Lipinski definition) is 2. The molecule has 4 heteroatoms. The molecule has 0 aliphatic heterocycles. The van der Waals surface area contributed by atoms with Crippen molar-refractivity contribution in [1.82, 2.24) is 4.31 Å². The lowest BCUT2D eigenvalue weighted by atomic mass is 10.1. The van der Waals surface area contributed by atoms with Crippen LogP contribution >= 0.6 is 0 Å². The number of sulfonamides is 1. The van der Waals surface area contributed by atoms with Crippen molar-refractivity contribution in [2.24, 2.45) is 0 Å². The minimum atomic E-state index is -3.13. The molecule has 0 spiro atoms. The van der Waals surface area contributed by atoms with E-state index in [2.05, 4.69) is 6.07 Å². The van der Waals surface area contributed by atoms with E-state index < -0.39 is 10.0 Å². The van der Waals surface area contributed by atoms with Gasteiger partial charge in [0.2, 0.25) is 10.0 Å². The van der Waals surface area contributed by atoms with Gasteiger partial charge in [-0.3, -0.25) is 0 Å². The molecule has 0 fully saturated rings. The summed E-state index contributed by atoms with van der Waals surface area (Å²) in [6.45, 7) is 2.30. The highest BCUT2D eigenvalue weighted by Gasteiger charge is 2.16. The fraction of sp³-hybridized carbons (Fsp3) is 0.333. The molecule has 0 aromatic heterocycles. The number of rotatable bonds is 5. The van der Waals surface area contributed by atoms with Crippen LogP contribution in [0.25, 0.3) is 10.8 Å². The van der Waals surface area contributed by atoms with Crippen molar-refractivity contribution in [2.45, 2.75) is 19.9 Å². The first-order chi connectivity index (χ1) is 9.03. The van der Waals surface area contributed by atoms with Crippen LogP contribution in [0, 0.1) is 0 Å². The quantitative estimate of drug-likeness (QED) is 0.842. The number of benzene rings is 2. The second kappa shape index (κ2) is 5.72. The van der Waals surface area contributed by atoms with Crippen molar-refractivity contribution in [2.75, 3.05) is 12.8 Å². The maximum atomic E-state index is 11.9. The average molecular weight is 277 g/mol. The van der Waals surface area contributed by atoms with Crippen LogP contribution in [0.2, 0.25) is 0 Å². The Bertz CT molecular complexity index is 665. The molecule has 0 amide bonds. The highest BCUT2D eigenvalue weighted by atomic mass is 32.2. The van der Waals surface area contributed by atoms with Crippen LogP contribution in [0.15, 0.2) is 42.5 Å². The van der Waals surface area contributed by atoms with E-state index in [-0.39, 0.29) is 5.75 Å². The first kappa shape index (κ1) is 14.0. The van der Waals surface area contributed by atoms with E-state index in [1.54, 1.807) is 7.05 Å². The number of nitrogens with zero attached hydrogens (tertiary/aromatic N) is 1. The average Bonchev–Trinajstić information content (AvgIpc) is 2.38. The molecule has 0 aliphatic rings. The minimum Gasteiger partial charge on any atom is -0.212 e. The molecule has 3 nitrogen and oxygen atoms in total. The molecule has 0 radical (unpaired) electrons. The molecule has 0 aliphatic carbocycles. The van der Waals surface area contributed by atoms with Gasteiger partial charge in [0.05, 0.1) is 5.75 Å². The van der Waals surface area contributed by atoms with Crippen LogP contribution in [0.1, 0.15) is 18.9 Å². The molecule has 0 bridgehead atoms. The Balaban J connectivity index is 2.22. The zero-order valence-electron chi connectivity index (χ0n) is 11.3. The summed E-state index contributed by atoms with van der Waals surface area (Å²) in [6, 6.07) is 14.2. The van der Waals surface area contributed by atoms with E-state index in [0.29, 0.717) is 13.0 Å². The van der Waals surface area contributed by atoms with Crippen molar-refractivity contribution in [1.29, 1.82) is 0 Å². The molecule has 0 saturated carbocycles. The van der Waals surface area contributed by atoms with E-state index in [1.807, 2.05) is 43.3 Å². The van der Waals surface area contributed by atoms with Crippen molar-refractivity contribution < 1.29 is 8.42 Å². The molecule has 102 valence electrons. The van der Waals surface area contributed by atoms with Gasteiger partial charge in [-0.2, -0.15) is 0 Å². The Morgan fingerprint density at radius 2 is 1.74 bits per heavy atom. The van der Waals surface area contributed by atoms with Crippen molar-refractivity contribution in [3.63, 3.8) is 0 Å². The van der Waals surface area contributed by atoms with Gasteiger partial charge in [0.1, 0.15) is 0 Å². The zero-order chi connectivity index (χ0) is 13.9. The largest absolute Gasteiger partial charge is 0.214 e. The maximum absolute atomic E-state index is 11.9. The predicted molar refractivity (Wildman–Crippen MR) is 79.5 cm³/mol. The molecular weight excluding hydrogens is 258 g/mol. The molecule has 0 heterocycles. The van der Waals surface area contributed by atoms with Gasteiger partial charge in [-0.05, 0) is 28.8 Å². The Labute approximate surface area is 114 Å². The van der Waals surface area contributed by atoms with E-state index in [1.165, 1.54) is 9.69 Å². The Morgan fingerprint density at radius 1 is 1.05 bits per heavy atom. The molecule has 0 N–H and O–H groups in total. The molecule has 0 unspecified atom stereocenters. The second-order valence-corrected chi connectivity index (χ2v) is 6.95. The SMILES string of the molecule is CCCS(=O)(=O)N(C)Cc1ccc2ccccc2c1. The van der Waals surface area contributed by atoms with Gasteiger partial charge in [-0.1, -0.05) is 43.3 Å². The maximum Gasteiger partial charge on any atom is 0.214 e. The van der Waals surface area contributed by atoms with E-state index >= 15 is 0 Å². The van der Waals surface area contributed by atoms with Crippen LogP contribution in [-0.2, 0) is 16.6 Å². The Morgan fingerprint density at radius 3 is 2.42 bits per heavy atom. The van der Waals surface area contributed by atoms with E-state index in [0.717, 1.165) is 10.9 Å². The monoisotopic (exact) mass is 277 g/mol. The van der Waals surface area contributed by atoms with Crippen LogP contribution in [0.4, 0.5) is 0 Å². The highest BCUT2D eigenvalue weighted by Crippen LogP contribution is 2.17. The normalized spacial score (nSPS) is 12.2. The molecule has 2 aromatic carbocycles. The summed E-state index contributed by atoms with van der Waals surface area (Å²) in [5.74, 6) is 0.205. The van der Waals surface area contributed by atoms with Crippen molar-refractivity contribution >= 4 is 20.8 Å². The molecular formula is C15H19NO2S. The lowest BCUT2D eigenvalue weighted by Gasteiger charge is -2.17. The molecule has 2 aromatic rings. The summed E-state index contributed by atoms with van der Waals surface area (Å²) < 4.78 is 25.3. The Kier molecular flexibility index (Phi) is 4.22. The molecule has 0 saturated heterocycles. The summed E-state index contributed by atoms with van der Waals surface area (Å²) >= 11 is 0. The topological polar surface area (TPSA) is 37.4 Å². The van der Waals surface area contributed by atoms with Gasteiger partial charge in [-0.15, -0.1) is 0 Å². The summed E-state index contributed by atoms with van der Waals surface area (Å²) in [4.78, 5) is 0. The van der Waals surface area contributed by atoms with Gasteiger partial charge < -0.3 is 0 Å². The van der Waals surface area contributed by atoms with Crippen LogP contribution in [-0.4, -0.2) is 25.5 Å². The van der Waals surface area contributed by atoms with E-state index in [4.69, 9.17) is 0 Å². The lowest BCUT2D eigenvalue weighted by molar-refractivity contribution is 0.466. The van der Waals surface area contributed by atoms with Gasteiger partial charge in [0.25, 0.3) is 0 Å².